The monoisotopic (exact) mass is 370 g/mol. The lowest BCUT2D eigenvalue weighted by Gasteiger charge is -2.22. The van der Waals surface area contributed by atoms with Crippen molar-refractivity contribution in [2.45, 2.75) is 83.4 Å². The number of rotatable bonds is 9. The number of amides is 3. The zero-order chi connectivity index (χ0) is 19.7. The first-order chi connectivity index (χ1) is 12.1. The molecule has 1 aliphatic rings. The van der Waals surface area contributed by atoms with Crippen LogP contribution in [-0.4, -0.2) is 42.1 Å². The Morgan fingerprint density at radius 2 is 1.77 bits per heavy atom. The first-order valence-corrected chi connectivity index (χ1v) is 9.42. The maximum Gasteiger partial charge on any atom is 0.407 e. The summed E-state index contributed by atoms with van der Waals surface area (Å²) in [6.07, 6.45) is 5.30. The van der Waals surface area contributed by atoms with Crippen LogP contribution in [0.1, 0.15) is 65.7 Å². The number of nitrogens with one attached hydrogen (secondary N) is 2. The molecular formula is C18H34N4O4. The molecule has 0 spiro atoms. The molecule has 0 aromatic rings. The Morgan fingerprint density at radius 1 is 1.15 bits per heavy atom. The molecule has 1 fully saturated rings. The number of ether oxygens (including phenoxy) is 1. The van der Waals surface area contributed by atoms with E-state index in [1.54, 1.807) is 20.8 Å². The van der Waals surface area contributed by atoms with Crippen LogP contribution in [0.5, 0.6) is 0 Å². The summed E-state index contributed by atoms with van der Waals surface area (Å²) in [6, 6.07) is -1.33. The van der Waals surface area contributed by atoms with Crippen molar-refractivity contribution in [2.75, 3.05) is 6.54 Å². The van der Waals surface area contributed by atoms with Gasteiger partial charge in [0.1, 0.15) is 11.6 Å². The molecule has 150 valence electrons. The average molecular weight is 370 g/mol. The fourth-order valence-corrected chi connectivity index (χ4v) is 3.06. The summed E-state index contributed by atoms with van der Waals surface area (Å²) in [6.45, 7) is 5.81. The smallest absolute Gasteiger partial charge is 0.407 e. The zero-order valence-corrected chi connectivity index (χ0v) is 16.2. The lowest BCUT2D eigenvalue weighted by molar-refractivity contribution is -0.129. The van der Waals surface area contributed by atoms with Gasteiger partial charge in [0.15, 0.2) is 0 Å². The fraction of sp³-hybridized carbons (Fsp3) is 0.833. The normalized spacial score (nSPS) is 17.4. The molecule has 0 aliphatic heterocycles. The Hall–Kier alpha value is -1.83. The van der Waals surface area contributed by atoms with Crippen molar-refractivity contribution in [3.05, 3.63) is 0 Å². The molecule has 0 radical (unpaired) electrons. The average Bonchev–Trinajstić information content (AvgIpc) is 3.04. The number of unbranched alkanes of at least 4 members (excludes halogenated alkanes) is 1. The van der Waals surface area contributed by atoms with Crippen molar-refractivity contribution in [3.8, 4) is 0 Å². The van der Waals surface area contributed by atoms with Crippen molar-refractivity contribution in [2.24, 2.45) is 17.4 Å². The topological polar surface area (TPSA) is 137 Å². The highest BCUT2D eigenvalue weighted by atomic mass is 16.6. The predicted octanol–water partition coefficient (Wildman–Crippen LogP) is 1.17. The van der Waals surface area contributed by atoms with E-state index in [2.05, 4.69) is 10.6 Å². The minimum Gasteiger partial charge on any atom is -0.444 e. The molecule has 0 unspecified atom stereocenters. The summed E-state index contributed by atoms with van der Waals surface area (Å²) in [5, 5.41) is 5.33. The molecule has 0 aromatic carbocycles. The number of alkyl carbamates (subject to hydrolysis) is 1. The van der Waals surface area contributed by atoms with Gasteiger partial charge in [-0.3, -0.25) is 9.59 Å². The highest BCUT2D eigenvalue weighted by Gasteiger charge is 2.29. The lowest BCUT2D eigenvalue weighted by atomic mass is 9.97. The molecule has 0 aromatic heterocycles. The summed E-state index contributed by atoms with van der Waals surface area (Å²) in [5.41, 5.74) is 10.9. The molecule has 0 heterocycles. The molecule has 0 bridgehead atoms. The van der Waals surface area contributed by atoms with Crippen molar-refractivity contribution < 1.29 is 19.1 Å². The number of primary amides is 1. The molecule has 2 atom stereocenters. The number of nitrogens with two attached hydrogens (primary N) is 2. The first kappa shape index (κ1) is 22.2. The van der Waals surface area contributed by atoms with Crippen LogP contribution in [-0.2, 0) is 14.3 Å². The SMILES string of the molecule is CC(C)(C)OC(=O)NCCCC[C@H](NC(=O)[C@@H](N)C1CCCC1)C(N)=O. The van der Waals surface area contributed by atoms with Gasteiger partial charge in [-0.05, 0) is 58.8 Å². The van der Waals surface area contributed by atoms with E-state index in [9.17, 15) is 14.4 Å². The summed E-state index contributed by atoms with van der Waals surface area (Å²) < 4.78 is 5.14. The minimum absolute atomic E-state index is 0.182. The molecule has 0 saturated heterocycles. The van der Waals surface area contributed by atoms with Gasteiger partial charge in [-0.15, -0.1) is 0 Å². The molecule has 1 saturated carbocycles. The summed E-state index contributed by atoms with van der Waals surface area (Å²) in [4.78, 5) is 35.4. The van der Waals surface area contributed by atoms with Crippen LogP contribution >= 0.6 is 0 Å². The molecule has 1 rings (SSSR count). The number of hydrogen-bond acceptors (Lipinski definition) is 5. The quantitative estimate of drug-likeness (QED) is 0.452. The Balaban J connectivity index is 2.29. The molecule has 1 aliphatic carbocycles. The number of carbonyl (C=O) groups excluding carboxylic acids is 3. The van der Waals surface area contributed by atoms with Crippen molar-refractivity contribution in [1.82, 2.24) is 10.6 Å². The van der Waals surface area contributed by atoms with E-state index in [1.165, 1.54) is 0 Å². The van der Waals surface area contributed by atoms with Crippen LogP contribution in [0.2, 0.25) is 0 Å². The Labute approximate surface area is 155 Å². The largest absolute Gasteiger partial charge is 0.444 e. The number of hydrogen-bond donors (Lipinski definition) is 4. The van der Waals surface area contributed by atoms with Gasteiger partial charge in [0, 0.05) is 6.54 Å². The van der Waals surface area contributed by atoms with E-state index in [0.29, 0.717) is 25.8 Å². The van der Waals surface area contributed by atoms with Gasteiger partial charge in [-0.1, -0.05) is 12.8 Å². The van der Waals surface area contributed by atoms with Crippen LogP contribution in [0.15, 0.2) is 0 Å². The summed E-state index contributed by atoms with van der Waals surface area (Å²) >= 11 is 0. The van der Waals surface area contributed by atoms with Crippen LogP contribution in [0.4, 0.5) is 4.79 Å². The standard InChI is InChI=1S/C18H34N4O4/c1-18(2,3)26-17(25)21-11-7-6-10-13(15(20)23)22-16(24)14(19)12-8-4-5-9-12/h12-14H,4-11,19H2,1-3H3,(H2,20,23)(H,21,25)(H,22,24)/t13-,14-/m0/s1. The van der Waals surface area contributed by atoms with Gasteiger partial charge in [-0.25, -0.2) is 4.79 Å². The Bertz CT molecular complexity index is 484. The van der Waals surface area contributed by atoms with Crippen LogP contribution < -0.4 is 22.1 Å². The second kappa shape index (κ2) is 10.4. The van der Waals surface area contributed by atoms with Gasteiger partial charge < -0.3 is 26.8 Å². The van der Waals surface area contributed by atoms with Crippen LogP contribution in [0.3, 0.4) is 0 Å². The van der Waals surface area contributed by atoms with Crippen molar-refractivity contribution in [1.29, 1.82) is 0 Å². The second-order valence-electron chi connectivity index (χ2n) is 7.96. The van der Waals surface area contributed by atoms with Gasteiger partial charge in [0.05, 0.1) is 6.04 Å². The highest BCUT2D eigenvalue weighted by molar-refractivity contribution is 5.89. The predicted molar refractivity (Wildman–Crippen MR) is 99.1 cm³/mol. The summed E-state index contributed by atoms with van der Waals surface area (Å²) in [7, 11) is 0. The van der Waals surface area contributed by atoms with Gasteiger partial charge >= 0.3 is 6.09 Å². The Morgan fingerprint density at radius 3 is 2.31 bits per heavy atom. The molecule has 26 heavy (non-hydrogen) atoms. The highest BCUT2D eigenvalue weighted by Crippen LogP contribution is 2.26. The maximum absolute atomic E-state index is 12.2. The van der Waals surface area contributed by atoms with Crippen molar-refractivity contribution in [3.63, 3.8) is 0 Å². The second-order valence-corrected chi connectivity index (χ2v) is 7.96. The van der Waals surface area contributed by atoms with Gasteiger partial charge in [-0.2, -0.15) is 0 Å². The Kier molecular flexibility index (Phi) is 8.84. The van der Waals surface area contributed by atoms with Gasteiger partial charge in [0.2, 0.25) is 11.8 Å². The third-order valence-electron chi connectivity index (χ3n) is 4.46. The molecule has 8 heteroatoms. The molecule has 6 N–H and O–H groups in total. The van der Waals surface area contributed by atoms with Crippen molar-refractivity contribution >= 4 is 17.9 Å². The number of carbonyl (C=O) groups is 3. The maximum atomic E-state index is 12.2. The van der Waals surface area contributed by atoms with E-state index in [-0.39, 0.29) is 11.8 Å². The lowest BCUT2D eigenvalue weighted by Crippen LogP contribution is -2.52. The van der Waals surface area contributed by atoms with E-state index < -0.39 is 29.7 Å². The van der Waals surface area contributed by atoms with E-state index in [0.717, 1.165) is 25.7 Å². The van der Waals surface area contributed by atoms with Crippen LogP contribution in [0.25, 0.3) is 0 Å². The zero-order valence-electron chi connectivity index (χ0n) is 16.2. The molecule has 8 nitrogen and oxygen atoms in total. The third kappa shape index (κ3) is 8.51. The summed E-state index contributed by atoms with van der Waals surface area (Å²) in [5.74, 6) is -0.703. The van der Waals surface area contributed by atoms with E-state index in [1.807, 2.05) is 0 Å². The van der Waals surface area contributed by atoms with Crippen LogP contribution in [0, 0.1) is 5.92 Å². The minimum atomic E-state index is -0.739. The van der Waals surface area contributed by atoms with Gasteiger partial charge in [0.25, 0.3) is 0 Å². The van der Waals surface area contributed by atoms with E-state index in [4.69, 9.17) is 16.2 Å². The first-order valence-electron chi connectivity index (χ1n) is 9.42. The molecule has 3 amide bonds. The fourth-order valence-electron chi connectivity index (χ4n) is 3.06. The molecular weight excluding hydrogens is 336 g/mol. The third-order valence-corrected chi connectivity index (χ3v) is 4.46. The van der Waals surface area contributed by atoms with E-state index >= 15 is 0 Å².